The smallest absolute Gasteiger partial charge is 0.407 e. The number of ether oxygens (including phenoxy) is 1. The summed E-state index contributed by atoms with van der Waals surface area (Å²) in [4.78, 5) is 11.6. The van der Waals surface area contributed by atoms with E-state index in [9.17, 15) is 13.2 Å². The summed E-state index contributed by atoms with van der Waals surface area (Å²) in [5.41, 5.74) is -0.550. The predicted octanol–water partition coefficient (Wildman–Crippen LogP) is 1.22. The Hall–Kier alpha value is -1.33. The van der Waals surface area contributed by atoms with Crippen molar-refractivity contribution in [1.82, 2.24) is 9.62 Å². The van der Waals surface area contributed by atoms with Crippen LogP contribution in [-0.2, 0) is 14.8 Å². The molecular weight excluding hydrogens is 294 g/mol. The van der Waals surface area contributed by atoms with Gasteiger partial charge in [-0.15, -0.1) is 0 Å². The van der Waals surface area contributed by atoms with Gasteiger partial charge in [0.25, 0.3) is 0 Å². The topological polar surface area (TPSA) is 99.5 Å². The average Bonchev–Trinajstić information content (AvgIpc) is 2.34. The molecule has 0 bridgehead atoms. The van der Waals surface area contributed by atoms with Crippen molar-refractivity contribution < 1.29 is 17.9 Å². The van der Waals surface area contributed by atoms with Crippen molar-refractivity contribution in [1.29, 1.82) is 5.26 Å². The largest absolute Gasteiger partial charge is 0.444 e. The zero-order valence-electron chi connectivity index (χ0n) is 12.8. The van der Waals surface area contributed by atoms with Crippen molar-refractivity contribution in [3.63, 3.8) is 0 Å². The molecule has 0 aromatic rings. The first-order valence-corrected chi connectivity index (χ1v) is 8.59. The molecule has 8 heteroatoms. The summed E-state index contributed by atoms with van der Waals surface area (Å²) in [5.74, 6) is -0.145. The Kier molecular flexibility index (Phi) is 5.98. The number of nitrogens with zero attached hydrogens (tertiary/aromatic N) is 2. The Morgan fingerprint density at radius 3 is 2.43 bits per heavy atom. The Balaban J connectivity index is 2.42. The maximum Gasteiger partial charge on any atom is 0.407 e. The lowest BCUT2D eigenvalue weighted by Gasteiger charge is -2.32. The Morgan fingerprint density at radius 2 is 1.95 bits per heavy atom. The normalized spacial score (nSPS) is 18.0. The number of rotatable bonds is 4. The van der Waals surface area contributed by atoms with E-state index in [1.165, 1.54) is 4.31 Å². The van der Waals surface area contributed by atoms with Gasteiger partial charge >= 0.3 is 6.09 Å². The number of carbonyl (C=O) groups excluding carboxylic acids is 1. The number of alkyl carbamates (subject to hydrolysis) is 1. The fraction of sp³-hybridized carbons (Fsp3) is 0.846. The van der Waals surface area contributed by atoms with Crippen LogP contribution in [0.15, 0.2) is 0 Å². The summed E-state index contributed by atoms with van der Waals surface area (Å²) >= 11 is 0. The van der Waals surface area contributed by atoms with Crippen molar-refractivity contribution in [2.45, 2.75) is 51.7 Å². The van der Waals surface area contributed by atoms with Crippen molar-refractivity contribution in [2.75, 3.05) is 18.8 Å². The van der Waals surface area contributed by atoms with Crippen molar-refractivity contribution in [3.05, 3.63) is 0 Å². The van der Waals surface area contributed by atoms with E-state index in [1.807, 2.05) is 6.07 Å². The zero-order valence-corrected chi connectivity index (χ0v) is 13.6. The van der Waals surface area contributed by atoms with E-state index in [0.29, 0.717) is 25.9 Å². The maximum atomic E-state index is 11.9. The van der Waals surface area contributed by atoms with Crippen LogP contribution < -0.4 is 5.32 Å². The summed E-state index contributed by atoms with van der Waals surface area (Å²) in [6.07, 6.45) is 0.613. The molecule has 1 saturated heterocycles. The van der Waals surface area contributed by atoms with Gasteiger partial charge in [-0.1, -0.05) is 0 Å². The second kappa shape index (κ2) is 7.09. The zero-order chi connectivity index (χ0) is 16.1. The molecule has 1 aliphatic heterocycles. The quantitative estimate of drug-likeness (QED) is 0.840. The number of nitrogens with one attached hydrogen (secondary N) is 1. The molecular formula is C13H23N3O4S. The number of hydrogen-bond donors (Lipinski definition) is 1. The molecule has 120 valence electrons. The van der Waals surface area contributed by atoms with Gasteiger partial charge in [-0.3, -0.25) is 0 Å². The van der Waals surface area contributed by atoms with Gasteiger partial charge in [0, 0.05) is 19.1 Å². The molecule has 7 nitrogen and oxygen atoms in total. The van der Waals surface area contributed by atoms with Gasteiger partial charge in [0.1, 0.15) is 5.60 Å². The van der Waals surface area contributed by atoms with Crippen LogP contribution in [0, 0.1) is 11.3 Å². The minimum absolute atomic E-state index is 0.00157. The van der Waals surface area contributed by atoms with Crippen LogP contribution in [0.3, 0.4) is 0 Å². The number of hydrogen-bond acceptors (Lipinski definition) is 5. The van der Waals surface area contributed by atoms with Crippen molar-refractivity contribution in [2.24, 2.45) is 0 Å². The third-order valence-electron chi connectivity index (χ3n) is 3.04. The van der Waals surface area contributed by atoms with E-state index in [1.54, 1.807) is 20.8 Å². The van der Waals surface area contributed by atoms with E-state index in [0.717, 1.165) is 0 Å². The molecule has 0 unspecified atom stereocenters. The second-order valence-electron chi connectivity index (χ2n) is 6.04. The molecule has 1 fully saturated rings. The SMILES string of the molecule is CC(C)(C)OC(=O)NC1CCN(S(=O)(=O)CCC#N)CC1. The summed E-state index contributed by atoms with van der Waals surface area (Å²) in [6.45, 7) is 6.08. The number of nitriles is 1. The lowest BCUT2D eigenvalue weighted by atomic mass is 10.1. The van der Waals surface area contributed by atoms with E-state index < -0.39 is 21.7 Å². The number of amides is 1. The van der Waals surface area contributed by atoms with Gasteiger partial charge in [0.05, 0.1) is 18.2 Å². The first-order chi connectivity index (χ1) is 9.64. The molecule has 1 heterocycles. The molecule has 0 radical (unpaired) electrons. The lowest BCUT2D eigenvalue weighted by Crippen LogP contribution is -2.48. The molecule has 0 aromatic carbocycles. The number of piperidine rings is 1. The molecule has 0 spiro atoms. The van der Waals surface area contributed by atoms with Crippen LogP contribution >= 0.6 is 0 Å². The van der Waals surface area contributed by atoms with Gasteiger partial charge in [-0.2, -0.15) is 5.26 Å². The number of carbonyl (C=O) groups is 1. The van der Waals surface area contributed by atoms with Crippen LogP contribution in [0.25, 0.3) is 0 Å². The van der Waals surface area contributed by atoms with E-state index in [2.05, 4.69) is 5.32 Å². The van der Waals surface area contributed by atoms with Gasteiger partial charge in [-0.05, 0) is 33.6 Å². The minimum Gasteiger partial charge on any atom is -0.444 e. The van der Waals surface area contributed by atoms with E-state index in [4.69, 9.17) is 10.00 Å². The van der Waals surface area contributed by atoms with Crippen LogP contribution in [0.5, 0.6) is 0 Å². The monoisotopic (exact) mass is 317 g/mol. The van der Waals surface area contributed by atoms with Crippen LogP contribution in [-0.4, -0.2) is 49.3 Å². The second-order valence-corrected chi connectivity index (χ2v) is 8.13. The molecule has 0 aromatic heterocycles. The molecule has 1 aliphatic rings. The van der Waals surface area contributed by atoms with Gasteiger partial charge < -0.3 is 10.1 Å². The highest BCUT2D eigenvalue weighted by Gasteiger charge is 2.29. The highest BCUT2D eigenvalue weighted by atomic mass is 32.2. The first kappa shape index (κ1) is 17.7. The molecule has 1 amide bonds. The lowest BCUT2D eigenvalue weighted by molar-refractivity contribution is 0.0489. The van der Waals surface area contributed by atoms with E-state index >= 15 is 0 Å². The summed E-state index contributed by atoms with van der Waals surface area (Å²) in [6, 6.07) is 1.76. The Morgan fingerprint density at radius 1 is 1.38 bits per heavy atom. The number of sulfonamides is 1. The average molecular weight is 317 g/mol. The first-order valence-electron chi connectivity index (χ1n) is 6.98. The van der Waals surface area contributed by atoms with Gasteiger partial charge in [0.2, 0.25) is 10.0 Å². The molecule has 21 heavy (non-hydrogen) atoms. The fourth-order valence-electron chi connectivity index (χ4n) is 2.06. The van der Waals surface area contributed by atoms with Crippen LogP contribution in [0.4, 0.5) is 4.79 Å². The summed E-state index contributed by atoms with van der Waals surface area (Å²) in [5, 5.41) is 11.2. The molecule has 1 rings (SSSR count). The van der Waals surface area contributed by atoms with Gasteiger partial charge in [0.15, 0.2) is 0 Å². The summed E-state index contributed by atoms with van der Waals surface area (Å²) < 4.78 is 30.4. The predicted molar refractivity (Wildman–Crippen MR) is 78.0 cm³/mol. The molecule has 0 aliphatic carbocycles. The maximum absolute atomic E-state index is 11.9. The van der Waals surface area contributed by atoms with Crippen molar-refractivity contribution >= 4 is 16.1 Å². The fourth-order valence-corrected chi connectivity index (χ4v) is 3.43. The Labute approximate surface area is 126 Å². The van der Waals surface area contributed by atoms with Crippen molar-refractivity contribution in [3.8, 4) is 6.07 Å². The van der Waals surface area contributed by atoms with Crippen LogP contribution in [0.2, 0.25) is 0 Å². The molecule has 1 N–H and O–H groups in total. The minimum atomic E-state index is -3.36. The molecule has 0 saturated carbocycles. The summed E-state index contributed by atoms with van der Waals surface area (Å²) in [7, 11) is -3.36. The molecule has 0 atom stereocenters. The van der Waals surface area contributed by atoms with E-state index in [-0.39, 0.29) is 18.2 Å². The highest BCUT2D eigenvalue weighted by molar-refractivity contribution is 7.89. The third-order valence-corrected chi connectivity index (χ3v) is 4.91. The third kappa shape index (κ3) is 6.31. The Bertz CT molecular complexity index is 496. The van der Waals surface area contributed by atoms with Gasteiger partial charge in [-0.25, -0.2) is 17.5 Å². The van der Waals surface area contributed by atoms with Crippen LogP contribution in [0.1, 0.15) is 40.0 Å². The standard InChI is InChI=1S/C13H23N3O4S/c1-13(2,3)20-12(17)15-11-5-8-16(9-6-11)21(18,19)10-4-7-14/h11H,4-6,8-10H2,1-3H3,(H,15,17). The highest BCUT2D eigenvalue weighted by Crippen LogP contribution is 2.16.